The Labute approximate surface area is 260 Å². The lowest BCUT2D eigenvalue weighted by atomic mass is 10.1. The highest BCUT2D eigenvalue weighted by Gasteiger charge is 2.43. The highest BCUT2D eigenvalue weighted by atomic mass is 32.1. The van der Waals surface area contributed by atoms with Gasteiger partial charge in [-0.05, 0) is 66.9 Å². The van der Waals surface area contributed by atoms with Crippen molar-refractivity contribution in [1.29, 1.82) is 0 Å². The van der Waals surface area contributed by atoms with E-state index < -0.39 is 18.0 Å². The number of aromatic nitrogens is 3. The molecule has 0 bridgehead atoms. The molecule has 2 fully saturated rings. The number of hydrogen-bond acceptors (Lipinski definition) is 7. The number of pyridine rings is 1. The van der Waals surface area contributed by atoms with Crippen LogP contribution >= 0.6 is 11.3 Å². The summed E-state index contributed by atoms with van der Waals surface area (Å²) in [4.78, 5) is 35.9. The Morgan fingerprint density at radius 2 is 1.82 bits per heavy atom. The van der Waals surface area contributed by atoms with Gasteiger partial charge < -0.3 is 19.1 Å². The fourth-order valence-corrected chi connectivity index (χ4v) is 6.55. The number of alkyl halides is 3. The van der Waals surface area contributed by atoms with E-state index in [0.29, 0.717) is 41.5 Å². The molecule has 9 nitrogen and oxygen atoms in total. The van der Waals surface area contributed by atoms with Crippen LogP contribution in [-0.4, -0.2) is 63.2 Å². The maximum absolute atomic E-state index is 13.5. The lowest BCUT2D eigenvalue weighted by Gasteiger charge is -2.32. The molecule has 4 aromatic rings. The lowest BCUT2D eigenvalue weighted by molar-refractivity contribution is -0.187. The molecule has 2 amide bonds. The normalized spacial score (nSPS) is 17.5. The quantitative estimate of drug-likeness (QED) is 0.186. The fourth-order valence-electron chi connectivity index (χ4n) is 5.80. The van der Waals surface area contributed by atoms with Gasteiger partial charge in [-0.15, -0.1) is 11.3 Å². The zero-order chi connectivity index (χ0) is 31.6. The summed E-state index contributed by atoms with van der Waals surface area (Å²) in [6, 6.07) is 14.1. The first-order valence-corrected chi connectivity index (χ1v) is 15.4. The van der Waals surface area contributed by atoms with Crippen LogP contribution in [0.1, 0.15) is 53.5 Å². The molecule has 236 valence electrons. The van der Waals surface area contributed by atoms with Crippen molar-refractivity contribution in [1.82, 2.24) is 19.4 Å². The number of thiazole rings is 1. The monoisotopic (exact) mass is 642 g/mol. The number of carbonyl (C=O) groups excluding carboxylic acids is 2. The largest absolute Gasteiger partial charge is 0.490 e. The second kappa shape index (κ2) is 12.9. The summed E-state index contributed by atoms with van der Waals surface area (Å²) in [5, 5.41) is 5.32. The molecule has 5 heterocycles. The molecule has 45 heavy (non-hydrogen) atoms. The number of amides is 2. The van der Waals surface area contributed by atoms with Crippen molar-refractivity contribution in [2.45, 2.75) is 50.6 Å². The SMILES string of the molecule is O=C(Nc1nc(C2CCCN2c2ccc(OC3CCN(C(=O)C(F)(F)F)CC3)cc2)cs1)c1cccn1Cc1ccnc(F)c1. The number of anilines is 2. The van der Waals surface area contributed by atoms with Gasteiger partial charge in [-0.1, -0.05) is 0 Å². The van der Waals surface area contributed by atoms with E-state index in [9.17, 15) is 27.2 Å². The molecular formula is C31H30F4N6O3S. The van der Waals surface area contributed by atoms with Crippen molar-refractivity contribution in [3.63, 3.8) is 0 Å². The Bertz CT molecular complexity index is 1650. The number of likely N-dealkylation sites (tertiary alicyclic amines) is 1. The van der Waals surface area contributed by atoms with E-state index in [1.807, 2.05) is 29.6 Å². The van der Waals surface area contributed by atoms with Crippen LogP contribution in [0.5, 0.6) is 5.75 Å². The van der Waals surface area contributed by atoms with Crippen LogP contribution in [0.2, 0.25) is 0 Å². The van der Waals surface area contributed by atoms with E-state index in [0.717, 1.165) is 35.7 Å². The first kappa shape index (κ1) is 30.6. The van der Waals surface area contributed by atoms with Crippen molar-refractivity contribution in [2.24, 2.45) is 0 Å². The van der Waals surface area contributed by atoms with E-state index in [-0.39, 0.29) is 31.1 Å². The standard InChI is InChI=1S/C31H30F4N6O3S/c32-27-17-20(9-12-36-27)18-40-13-1-4-26(40)28(42)38-30-37-24(19-45-30)25-3-2-14-41(25)21-5-7-22(8-6-21)44-23-10-15-39(16-11-23)29(43)31(33,34)35/h1,4-9,12-13,17,19,23,25H,2-3,10-11,14-16,18H2,(H,37,38,42). The van der Waals surface area contributed by atoms with Gasteiger partial charge >= 0.3 is 12.1 Å². The number of nitrogens with one attached hydrogen (secondary N) is 1. The Morgan fingerprint density at radius 3 is 2.56 bits per heavy atom. The highest BCUT2D eigenvalue weighted by Crippen LogP contribution is 2.38. The molecule has 1 atom stereocenters. The second-order valence-electron chi connectivity index (χ2n) is 11.0. The van der Waals surface area contributed by atoms with Gasteiger partial charge in [-0.3, -0.25) is 14.9 Å². The molecule has 6 rings (SSSR count). The van der Waals surface area contributed by atoms with Crippen molar-refractivity contribution in [3.8, 4) is 5.75 Å². The Balaban J connectivity index is 1.05. The van der Waals surface area contributed by atoms with Crippen molar-refractivity contribution in [2.75, 3.05) is 29.9 Å². The number of carbonyl (C=O) groups is 2. The summed E-state index contributed by atoms with van der Waals surface area (Å²) in [6.45, 7) is 1.17. The summed E-state index contributed by atoms with van der Waals surface area (Å²) in [7, 11) is 0. The summed E-state index contributed by atoms with van der Waals surface area (Å²) < 4.78 is 59.4. The molecule has 2 aliphatic rings. The number of ether oxygens (including phenoxy) is 1. The fraction of sp³-hybridized carbons (Fsp3) is 0.355. The first-order chi connectivity index (χ1) is 21.6. The number of piperidine rings is 1. The molecule has 1 unspecified atom stereocenters. The van der Waals surface area contributed by atoms with Gasteiger partial charge in [0, 0.05) is 62.5 Å². The Kier molecular flexibility index (Phi) is 8.74. The third-order valence-electron chi connectivity index (χ3n) is 7.99. The van der Waals surface area contributed by atoms with Gasteiger partial charge in [0.15, 0.2) is 5.13 Å². The van der Waals surface area contributed by atoms with Gasteiger partial charge in [-0.2, -0.15) is 17.6 Å². The predicted octanol–water partition coefficient (Wildman–Crippen LogP) is 6.05. The molecule has 0 aliphatic carbocycles. The highest BCUT2D eigenvalue weighted by molar-refractivity contribution is 7.14. The first-order valence-electron chi connectivity index (χ1n) is 14.6. The smallest absolute Gasteiger partial charge is 0.471 e. The predicted molar refractivity (Wildman–Crippen MR) is 160 cm³/mol. The molecule has 3 aromatic heterocycles. The van der Waals surface area contributed by atoms with Crippen molar-refractivity contribution in [3.05, 3.63) is 89.2 Å². The van der Waals surface area contributed by atoms with Crippen molar-refractivity contribution < 1.29 is 31.9 Å². The van der Waals surface area contributed by atoms with Gasteiger partial charge in [0.05, 0.1) is 11.7 Å². The van der Waals surface area contributed by atoms with Crippen LogP contribution in [0.3, 0.4) is 0 Å². The van der Waals surface area contributed by atoms with E-state index in [4.69, 9.17) is 9.72 Å². The topological polar surface area (TPSA) is 92.6 Å². The van der Waals surface area contributed by atoms with Crippen LogP contribution in [0.15, 0.2) is 66.3 Å². The van der Waals surface area contributed by atoms with Crippen LogP contribution in [0.25, 0.3) is 0 Å². The Hall–Kier alpha value is -4.46. The number of benzene rings is 1. The van der Waals surface area contributed by atoms with Gasteiger partial charge in [-0.25, -0.2) is 9.97 Å². The summed E-state index contributed by atoms with van der Waals surface area (Å²) in [5.74, 6) is -2.07. The summed E-state index contributed by atoms with van der Waals surface area (Å²) in [6.07, 6.45) is 0.559. The van der Waals surface area contributed by atoms with E-state index >= 15 is 0 Å². The average Bonchev–Trinajstić information content (AvgIpc) is 3.79. The van der Waals surface area contributed by atoms with E-state index in [1.165, 1.54) is 23.6 Å². The number of halogens is 4. The number of rotatable bonds is 8. The summed E-state index contributed by atoms with van der Waals surface area (Å²) in [5.41, 5.74) is 2.96. The molecule has 0 radical (unpaired) electrons. The van der Waals surface area contributed by atoms with Gasteiger partial charge in [0.25, 0.3) is 5.91 Å². The van der Waals surface area contributed by atoms with Crippen molar-refractivity contribution >= 4 is 34.0 Å². The van der Waals surface area contributed by atoms with Crippen LogP contribution in [-0.2, 0) is 11.3 Å². The van der Waals surface area contributed by atoms with Crippen LogP contribution in [0.4, 0.5) is 28.4 Å². The zero-order valence-electron chi connectivity index (χ0n) is 24.0. The minimum Gasteiger partial charge on any atom is -0.490 e. The van der Waals surface area contributed by atoms with Gasteiger partial charge in [0.1, 0.15) is 17.5 Å². The third-order valence-corrected chi connectivity index (χ3v) is 8.76. The third kappa shape index (κ3) is 7.11. The zero-order valence-corrected chi connectivity index (χ0v) is 24.9. The number of hydrogen-bond donors (Lipinski definition) is 1. The molecule has 0 spiro atoms. The van der Waals surface area contributed by atoms with E-state index in [1.54, 1.807) is 29.0 Å². The van der Waals surface area contributed by atoms with Crippen LogP contribution < -0.4 is 15.0 Å². The number of nitrogens with zero attached hydrogens (tertiary/aromatic N) is 5. The molecule has 0 saturated carbocycles. The molecule has 14 heteroatoms. The summed E-state index contributed by atoms with van der Waals surface area (Å²) >= 11 is 1.35. The maximum atomic E-state index is 13.5. The molecule has 2 saturated heterocycles. The van der Waals surface area contributed by atoms with Crippen LogP contribution in [0, 0.1) is 5.95 Å². The lowest BCUT2D eigenvalue weighted by Crippen LogP contribution is -2.47. The maximum Gasteiger partial charge on any atom is 0.471 e. The molecule has 1 aromatic carbocycles. The minimum atomic E-state index is -4.86. The average molecular weight is 643 g/mol. The second-order valence-corrected chi connectivity index (χ2v) is 11.9. The Morgan fingerprint density at radius 1 is 1.04 bits per heavy atom. The molecule has 2 aliphatic heterocycles. The molecule has 1 N–H and O–H groups in total. The van der Waals surface area contributed by atoms with Gasteiger partial charge in [0.2, 0.25) is 5.95 Å². The molecular weight excluding hydrogens is 612 g/mol. The minimum absolute atomic E-state index is 0.00616. The van der Waals surface area contributed by atoms with E-state index in [2.05, 4.69) is 15.2 Å².